The van der Waals surface area contributed by atoms with Crippen LogP contribution < -0.4 is 5.73 Å². The first-order chi connectivity index (χ1) is 18.2. The van der Waals surface area contributed by atoms with Gasteiger partial charge < -0.3 is 15.1 Å². The molecule has 2 atom stereocenters. The molecule has 2 unspecified atom stereocenters. The van der Waals surface area contributed by atoms with Crippen molar-refractivity contribution in [2.24, 2.45) is 5.92 Å². The number of hydrogen-bond donors (Lipinski definition) is 1. The van der Waals surface area contributed by atoms with Gasteiger partial charge in [0.15, 0.2) is 5.58 Å². The van der Waals surface area contributed by atoms with Gasteiger partial charge in [-0.1, -0.05) is 29.8 Å². The van der Waals surface area contributed by atoms with Gasteiger partial charge in [0.2, 0.25) is 0 Å². The second kappa shape index (κ2) is 9.20. The number of carbonyl (C=O) groups excluding carboxylic acids is 2. The molecule has 2 fully saturated rings. The predicted molar refractivity (Wildman–Crippen MR) is 140 cm³/mol. The van der Waals surface area contributed by atoms with Crippen molar-refractivity contribution in [1.29, 1.82) is 0 Å². The van der Waals surface area contributed by atoms with Crippen molar-refractivity contribution in [3.05, 3.63) is 82.7 Å². The third-order valence-corrected chi connectivity index (χ3v) is 7.56. The number of alkyl halides is 2. The summed E-state index contributed by atoms with van der Waals surface area (Å²) in [4.78, 5) is 30.4. The topological polar surface area (TPSA) is 89.4 Å². The van der Waals surface area contributed by atoms with Crippen LogP contribution in [0.3, 0.4) is 0 Å². The first-order valence-electron chi connectivity index (χ1n) is 12.4. The van der Waals surface area contributed by atoms with Crippen molar-refractivity contribution in [1.82, 2.24) is 9.88 Å². The lowest BCUT2D eigenvalue weighted by Gasteiger charge is -2.38. The molecule has 1 aliphatic heterocycles. The summed E-state index contributed by atoms with van der Waals surface area (Å²) in [5.41, 5.74) is 9.26. The smallest absolute Gasteiger partial charge is 0.282 e. The quantitative estimate of drug-likeness (QED) is 0.307. The van der Waals surface area contributed by atoms with E-state index in [0.717, 1.165) is 33.4 Å². The minimum atomic E-state index is -2.80. The molecule has 4 aromatic rings. The molecule has 1 amide bonds. The third-order valence-electron chi connectivity index (χ3n) is 7.28. The molecule has 2 aromatic carbocycles. The normalized spacial score (nSPS) is 19.8. The Morgan fingerprint density at radius 1 is 1.08 bits per heavy atom. The largest absolute Gasteiger partial charge is 0.459 e. The fourth-order valence-corrected chi connectivity index (χ4v) is 5.35. The summed E-state index contributed by atoms with van der Waals surface area (Å²) in [7, 11) is 0. The Labute approximate surface area is 222 Å². The summed E-state index contributed by atoms with van der Waals surface area (Å²) < 4.78 is 32.2. The van der Waals surface area contributed by atoms with Crippen molar-refractivity contribution >= 4 is 40.1 Å². The molecule has 9 heteroatoms. The number of ketones is 1. The number of nitrogens with zero attached hydrogens (tertiary/aromatic N) is 2. The highest BCUT2D eigenvalue weighted by atomic mass is 35.5. The Hall–Kier alpha value is -3.78. The van der Waals surface area contributed by atoms with Gasteiger partial charge in [0.25, 0.3) is 11.8 Å². The van der Waals surface area contributed by atoms with E-state index in [1.165, 1.54) is 0 Å². The number of furan rings is 1. The van der Waals surface area contributed by atoms with Gasteiger partial charge >= 0.3 is 0 Å². The third kappa shape index (κ3) is 4.76. The second-order valence-corrected chi connectivity index (χ2v) is 10.5. The van der Waals surface area contributed by atoms with Crippen molar-refractivity contribution in [3.63, 3.8) is 0 Å². The average molecular weight is 536 g/mol. The number of rotatable bonds is 7. The minimum Gasteiger partial charge on any atom is -0.459 e. The number of amides is 1. The Balaban J connectivity index is 1.11. The van der Waals surface area contributed by atoms with E-state index in [2.05, 4.69) is 4.98 Å². The molecular weight excluding hydrogens is 512 g/mol. The van der Waals surface area contributed by atoms with Gasteiger partial charge in [-0.2, -0.15) is 0 Å². The van der Waals surface area contributed by atoms with Crippen LogP contribution in [0.5, 0.6) is 0 Å². The Morgan fingerprint density at radius 3 is 2.53 bits per heavy atom. The van der Waals surface area contributed by atoms with Crippen molar-refractivity contribution in [2.75, 3.05) is 18.8 Å². The number of Topliss-reactive ketones (excluding diaryl/α,β-unsaturated/α-hetero) is 1. The zero-order chi connectivity index (χ0) is 26.6. The second-order valence-electron chi connectivity index (χ2n) is 10.1. The molecular formula is C29H24ClF2N3O3. The lowest BCUT2D eigenvalue weighted by Crippen LogP contribution is -2.58. The van der Waals surface area contributed by atoms with E-state index >= 15 is 0 Å². The van der Waals surface area contributed by atoms with Gasteiger partial charge in [-0.15, -0.1) is 0 Å². The van der Waals surface area contributed by atoms with Gasteiger partial charge in [0.1, 0.15) is 17.4 Å². The molecule has 194 valence electrons. The van der Waals surface area contributed by atoms with E-state index in [4.69, 9.17) is 21.8 Å². The number of pyridine rings is 1. The van der Waals surface area contributed by atoms with Crippen LogP contribution >= 0.6 is 11.6 Å². The number of nitrogen functional groups attached to an aromatic ring is 1. The van der Waals surface area contributed by atoms with Crippen molar-refractivity contribution < 1.29 is 22.8 Å². The number of benzene rings is 2. The molecule has 0 spiro atoms. The standard InChI is InChI=1S/C29H24ClF2N3O3/c30-24-11-19(16-1-3-17(4-2-16)28(37)35-14-29(31,32)15-35)9-20-10-21(38-27(20)24)6-7-25(36)23-12-22(23)18-5-8-26(33)34-13-18/h1-5,8-11,13,22-23H,6-7,12,14-15H2,(H2,33,34). The molecule has 0 radical (unpaired) electrons. The van der Waals surface area contributed by atoms with Gasteiger partial charge in [-0.25, -0.2) is 13.8 Å². The van der Waals surface area contributed by atoms with E-state index in [0.29, 0.717) is 40.6 Å². The van der Waals surface area contributed by atoms with E-state index in [9.17, 15) is 18.4 Å². The van der Waals surface area contributed by atoms with Crippen molar-refractivity contribution in [2.45, 2.75) is 31.1 Å². The molecule has 1 saturated heterocycles. The molecule has 3 heterocycles. The molecule has 0 bridgehead atoms. The number of fused-ring (bicyclic) bond motifs is 1. The Kier molecular flexibility index (Phi) is 5.94. The van der Waals surface area contributed by atoms with Crippen LogP contribution in [-0.4, -0.2) is 40.6 Å². The summed E-state index contributed by atoms with van der Waals surface area (Å²) in [5, 5.41) is 1.26. The average Bonchev–Trinajstić information content (AvgIpc) is 3.57. The van der Waals surface area contributed by atoms with Crippen LogP contribution in [0.2, 0.25) is 5.02 Å². The zero-order valence-electron chi connectivity index (χ0n) is 20.3. The van der Waals surface area contributed by atoms with Crippen LogP contribution in [0, 0.1) is 5.92 Å². The SMILES string of the molecule is Nc1ccc(C2CC2C(=O)CCc2cc3cc(-c4ccc(C(=O)N5CC(F)(F)C5)cc4)cc(Cl)c3o2)cn1. The van der Waals surface area contributed by atoms with Crippen LogP contribution in [0.1, 0.15) is 40.4 Å². The highest BCUT2D eigenvalue weighted by Crippen LogP contribution is 2.48. The van der Waals surface area contributed by atoms with Gasteiger partial charge in [-0.3, -0.25) is 9.59 Å². The Bertz CT molecular complexity index is 1540. The first kappa shape index (κ1) is 24.6. The fraction of sp³-hybridized carbons (Fsp3) is 0.276. The van der Waals surface area contributed by atoms with E-state index < -0.39 is 24.9 Å². The number of anilines is 1. The van der Waals surface area contributed by atoms with Crippen LogP contribution in [0.4, 0.5) is 14.6 Å². The van der Waals surface area contributed by atoms with Crippen LogP contribution in [0.15, 0.2) is 65.2 Å². The van der Waals surface area contributed by atoms with Gasteiger partial charge in [-0.05, 0) is 65.4 Å². The number of carbonyl (C=O) groups is 2. The highest BCUT2D eigenvalue weighted by Gasteiger charge is 2.46. The van der Waals surface area contributed by atoms with E-state index in [1.807, 2.05) is 18.2 Å². The summed E-state index contributed by atoms with van der Waals surface area (Å²) >= 11 is 6.52. The maximum absolute atomic E-state index is 13.1. The molecule has 6 nitrogen and oxygen atoms in total. The molecule has 2 N–H and O–H groups in total. The number of likely N-dealkylation sites (tertiary alicyclic amines) is 1. The highest BCUT2D eigenvalue weighted by molar-refractivity contribution is 6.35. The number of hydrogen-bond acceptors (Lipinski definition) is 5. The summed E-state index contributed by atoms with van der Waals surface area (Å²) in [6.07, 6.45) is 3.43. The maximum atomic E-state index is 13.1. The molecule has 1 aliphatic carbocycles. The molecule has 2 aromatic heterocycles. The zero-order valence-corrected chi connectivity index (χ0v) is 21.1. The number of aryl methyl sites for hydroxylation is 1. The van der Waals surface area contributed by atoms with Gasteiger partial charge in [0, 0.05) is 35.9 Å². The number of nitrogens with two attached hydrogens (primary N) is 1. The first-order valence-corrected chi connectivity index (χ1v) is 12.8. The monoisotopic (exact) mass is 535 g/mol. The van der Waals surface area contributed by atoms with E-state index in [-0.39, 0.29) is 17.6 Å². The summed E-state index contributed by atoms with van der Waals surface area (Å²) in [6, 6.07) is 16.1. The molecule has 6 rings (SSSR count). The molecule has 38 heavy (non-hydrogen) atoms. The fourth-order valence-electron chi connectivity index (χ4n) is 5.08. The predicted octanol–water partition coefficient (Wildman–Crippen LogP) is 6.13. The Morgan fingerprint density at radius 2 is 1.84 bits per heavy atom. The van der Waals surface area contributed by atoms with Crippen molar-refractivity contribution in [3.8, 4) is 11.1 Å². The summed E-state index contributed by atoms with van der Waals surface area (Å²) in [5.74, 6) is -1.64. The maximum Gasteiger partial charge on any atom is 0.282 e. The molecule has 2 aliphatic rings. The number of halogens is 3. The van der Waals surface area contributed by atoms with E-state index in [1.54, 1.807) is 42.6 Å². The lowest BCUT2D eigenvalue weighted by molar-refractivity contribution is -0.120. The van der Waals surface area contributed by atoms with Crippen LogP contribution in [-0.2, 0) is 11.2 Å². The number of aromatic nitrogens is 1. The summed E-state index contributed by atoms with van der Waals surface area (Å²) in [6.45, 7) is -1.09. The minimum absolute atomic E-state index is 0.00688. The van der Waals surface area contributed by atoms with Gasteiger partial charge in [0.05, 0.1) is 18.1 Å². The lowest BCUT2D eigenvalue weighted by atomic mass is 10.0. The molecule has 1 saturated carbocycles. The van der Waals surface area contributed by atoms with Crippen LogP contribution in [0.25, 0.3) is 22.1 Å².